The molecule has 3 aromatic rings. The molecule has 224 valence electrons. The van der Waals surface area contributed by atoms with Crippen LogP contribution in [0.4, 0.5) is 17.6 Å². The molecule has 1 unspecified atom stereocenters. The maximum absolute atomic E-state index is 15.8. The summed E-state index contributed by atoms with van der Waals surface area (Å²) in [6.07, 6.45) is 5.50. The molecular weight excluding hydrogens is 544 g/mol. The van der Waals surface area contributed by atoms with Crippen LogP contribution in [0.2, 0.25) is 0 Å². The van der Waals surface area contributed by atoms with Gasteiger partial charge in [0.2, 0.25) is 0 Å². The molecule has 1 atom stereocenters. The summed E-state index contributed by atoms with van der Waals surface area (Å²) < 4.78 is 72.1. The van der Waals surface area contributed by atoms with Crippen LogP contribution in [-0.4, -0.2) is 43.1 Å². The molecule has 1 saturated heterocycles. The van der Waals surface area contributed by atoms with E-state index in [1.807, 2.05) is 36.4 Å². The molecule has 2 fully saturated rings. The molecule has 0 radical (unpaired) electrons. The zero-order valence-corrected chi connectivity index (χ0v) is 24.0. The standard InChI is InChI=1S/C34H38F4N2O2/c1-33(37,38)22-40-15-10-24-16-25(41-21-23-6-3-2-4-7-23)8-9-28(24)32(40)31-29(35)17-26(18-30(31)36)42-27-19-34(20-27)11-5-13-39-14-12-34/h2-4,6-9,16-18,27,32,39H,5,10-15,19-22H2,1H3. The van der Waals surface area contributed by atoms with Gasteiger partial charge in [0.25, 0.3) is 5.92 Å². The van der Waals surface area contributed by atoms with Crippen LogP contribution in [0.1, 0.15) is 67.3 Å². The van der Waals surface area contributed by atoms with Crippen molar-refractivity contribution in [1.82, 2.24) is 10.2 Å². The first-order valence-electron chi connectivity index (χ1n) is 15.0. The Bertz CT molecular complexity index is 1360. The molecule has 3 aliphatic rings. The number of nitrogens with zero attached hydrogens (tertiary/aromatic N) is 1. The number of alkyl halides is 2. The summed E-state index contributed by atoms with van der Waals surface area (Å²) in [5.41, 5.74) is 2.47. The van der Waals surface area contributed by atoms with Crippen molar-refractivity contribution in [2.75, 3.05) is 26.2 Å². The zero-order chi connectivity index (χ0) is 29.3. The van der Waals surface area contributed by atoms with Crippen LogP contribution in [0.5, 0.6) is 11.5 Å². The summed E-state index contributed by atoms with van der Waals surface area (Å²) in [6.45, 7) is 2.85. The van der Waals surface area contributed by atoms with E-state index in [9.17, 15) is 8.78 Å². The molecule has 8 heteroatoms. The second kappa shape index (κ2) is 11.9. The lowest BCUT2D eigenvalue weighted by atomic mass is 9.62. The highest BCUT2D eigenvalue weighted by atomic mass is 19.3. The van der Waals surface area contributed by atoms with E-state index in [2.05, 4.69) is 5.32 Å². The van der Waals surface area contributed by atoms with Crippen molar-refractivity contribution in [2.24, 2.45) is 5.41 Å². The fourth-order valence-electron chi connectivity index (χ4n) is 7.02. The van der Waals surface area contributed by atoms with E-state index in [1.165, 1.54) is 17.0 Å². The van der Waals surface area contributed by atoms with E-state index in [0.717, 1.165) is 63.2 Å². The SMILES string of the molecule is CC(F)(F)CN1CCc2cc(OCc3ccccc3)ccc2C1c1c(F)cc(OC2CC3(CCCNCC3)C2)cc1F. The first kappa shape index (κ1) is 29.0. The van der Waals surface area contributed by atoms with Gasteiger partial charge in [-0.05, 0) is 85.9 Å². The van der Waals surface area contributed by atoms with Gasteiger partial charge >= 0.3 is 0 Å². The molecule has 42 heavy (non-hydrogen) atoms. The number of hydrogen-bond donors (Lipinski definition) is 1. The average Bonchev–Trinajstić information content (AvgIpc) is 3.18. The Hall–Kier alpha value is -3.10. The molecule has 0 bridgehead atoms. The summed E-state index contributed by atoms with van der Waals surface area (Å²) in [5.74, 6) is -3.83. The fraction of sp³-hybridized carbons (Fsp3) is 0.471. The maximum Gasteiger partial charge on any atom is 0.257 e. The summed E-state index contributed by atoms with van der Waals surface area (Å²) in [7, 11) is 0. The molecule has 6 rings (SSSR count). The lowest BCUT2D eigenvalue weighted by Crippen LogP contribution is -2.44. The van der Waals surface area contributed by atoms with E-state index in [-0.39, 0.29) is 29.4 Å². The lowest BCUT2D eigenvalue weighted by molar-refractivity contribution is -0.0257. The Kier molecular flexibility index (Phi) is 8.20. The molecule has 0 aromatic heterocycles. The maximum atomic E-state index is 15.8. The van der Waals surface area contributed by atoms with Gasteiger partial charge in [-0.1, -0.05) is 36.4 Å². The van der Waals surface area contributed by atoms with Crippen LogP contribution >= 0.6 is 0 Å². The third-order valence-electron chi connectivity index (χ3n) is 9.01. The average molecular weight is 583 g/mol. The highest BCUT2D eigenvalue weighted by molar-refractivity contribution is 5.46. The van der Waals surface area contributed by atoms with Crippen LogP contribution in [0.15, 0.2) is 60.7 Å². The van der Waals surface area contributed by atoms with Crippen molar-refractivity contribution in [3.05, 3.63) is 94.6 Å². The Morgan fingerprint density at radius 1 is 0.952 bits per heavy atom. The Labute approximate surface area is 245 Å². The number of rotatable bonds is 8. The van der Waals surface area contributed by atoms with Crippen LogP contribution in [0, 0.1) is 17.0 Å². The number of hydrogen-bond acceptors (Lipinski definition) is 4. The molecule has 1 N–H and O–H groups in total. The van der Waals surface area contributed by atoms with Crippen LogP contribution in [0.25, 0.3) is 0 Å². The minimum Gasteiger partial charge on any atom is -0.490 e. The van der Waals surface area contributed by atoms with Gasteiger partial charge in [-0.25, -0.2) is 17.6 Å². The molecule has 1 saturated carbocycles. The van der Waals surface area contributed by atoms with Crippen molar-refractivity contribution in [3.8, 4) is 11.5 Å². The van der Waals surface area contributed by atoms with Gasteiger partial charge in [-0.2, -0.15) is 0 Å². The molecule has 1 spiro atoms. The third kappa shape index (κ3) is 6.45. The minimum absolute atomic E-state index is 0.0762. The fourth-order valence-corrected chi connectivity index (χ4v) is 7.02. The Morgan fingerprint density at radius 3 is 2.45 bits per heavy atom. The topological polar surface area (TPSA) is 33.7 Å². The normalized spacial score (nSPS) is 24.5. The van der Waals surface area contributed by atoms with Crippen molar-refractivity contribution in [2.45, 2.75) is 70.1 Å². The predicted molar refractivity (Wildman–Crippen MR) is 154 cm³/mol. The van der Waals surface area contributed by atoms with Gasteiger partial charge in [0.1, 0.15) is 29.7 Å². The number of benzene rings is 3. The van der Waals surface area contributed by atoms with Gasteiger partial charge in [-0.15, -0.1) is 0 Å². The zero-order valence-electron chi connectivity index (χ0n) is 24.0. The molecule has 3 aromatic carbocycles. The third-order valence-corrected chi connectivity index (χ3v) is 9.01. The van der Waals surface area contributed by atoms with Crippen LogP contribution in [-0.2, 0) is 13.0 Å². The first-order valence-corrected chi connectivity index (χ1v) is 15.0. The van der Waals surface area contributed by atoms with E-state index in [4.69, 9.17) is 9.47 Å². The molecule has 2 heterocycles. The van der Waals surface area contributed by atoms with Gasteiger partial charge in [0.15, 0.2) is 0 Å². The van der Waals surface area contributed by atoms with Crippen LogP contribution in [0.3, 0.4) is 0 Å². The summed E-state index contributed by atoms with van der Waals surface area (Å²) in [4.78, 5) is 1.48. The van der Waals surface area contributed by atoms with Gasteiger partial charge in [0, 0.05) is 31.2 Å². The minimum atomic E-state index is -3.03. The summed E-state index contributed by atoms with van der Waals surface area (Å²) in [5, 5.41) is 3.43. The number of halogens is 4. The van der Waals surface area contributed by atoms with Gasteiger partial charge < -0.3 is 14.8 Å². The van der Waals surface area contributed by atoms with E-state index < -0.39 is 30.1 Å². The first-order chi connectivity index (χ1) is 20.2. The summed E-state index contributed by atoms with van der Waals surface area (Å²) in [6, 6.07) is 16.5. The quantitative estimate of drug-likeness (QED) is 0.280. The van der Waals surface area contributed by atoms with Crippen molar-refractivity contribution in [1.29, 1.82) is 0 Å². The second-order valence-electron chi connectivity index (χ2n) is 12.4. The molecular formula is C34H38F4N2O2. The molecule has 2 aliphatic heterocycles. The lowest BCUT2D eigenvalue weighted by Gasteiger charge is -2.47. The molecule has 1 aliphatic carbocycles. The van der Waals surface area contributed by atoms with E-state index in [0.29, 0.717) is 24.3 Å². The van der Waals surface area contributed by atoms with Crippen molar-refractivity contribution >= 4 is 0 Å². The van der Waals surface area contributed by atoms with Crippen molar-refractivity contribution in [3.63, 3.8) is 0 Å². The van der Waals surface area contributed by atoms with Crippen molar-refractivity contribution < 1.29 is 27.0 Å². The summed E-state index contributed by atoms with van der Waals surface area (Å²) >= 11 is 0. The van der Waals surface area contributed by atoms with Crippen LogP contribution < -0.4 is 14.8 Å². The monoisotopic (exact) mass is 582 g/mol. The number of fused-ring (bicyclic) bond motifs is 1. The number of nitrogens with one attached hydrogen (secondary N) is 1. The second-order valence-corrected chi connectivity index (χ2v) is 12.4. The number of ether oxygens (including phenoxy) is 2. The largest absolute Gasteiger partial charge is 0.490 e. The van der Waals surface area contributed by atoms with E-state index in [1.54, 1.807) is 12.1 Å². The Morgan fingerprint density at radius 2 is 1.71 bits per heavy atom. The highest BCUT2D eigenvalue weighted by Gasteiger charge is 2.45. The molecule has 4 nitrogen and oxygen atoms in total. The Balaban J connectivity index is 1.24. The molecule has 0 amide bonds. The highest BCUT2D eigenvalue weighted by Crippen LogP contribution is 2.50. The predicted octanol–water partition coefficient (Wildman–Crippen LogP) is 7.45. The van der Waals surface area contributed by atoms with Gasteiger partial charge in [-0.3, -0.25) is 4.90 Å². The smallest absolute Gasteiger partial charge is 0.257 e. The van der Waals surface area contributed by atoms with Gasteiger partial charge in [0.05, 0.1) is 18.7 Å². The van der Waals surface area contributed by atoms with E-state index >= 15 is 8.78 Å².